The van der Waals surface area contributed by atoms with Crippen molar-refractivity contribution in [1.29, 1.82) is 0 Å². The van der Waals surface area contributed by atoms with Crippen LogP contribution in [0.2, 0.25) is 0 Å². The number of Topliss-reactive ketones (excluding diaryl/α,β-unsaturated/α-hetero) is 2. The molecular weight excluding hydrogens is 288 g/mol. The van der Waals surface area contributed by atoms with Gasteiger partial charge in [0.05, 0.1) is 25.0 Å². The Balaban J connectivity index is 2.51. The molecule has 0 saturated carbocycles. The highest BCUT2D eigenvalue weighted by atomic mass is 32.2. The van der Waals surface area contributed by atoms with Crippen LogP contribution in [-0.2, 0) is 30.6 Å². The van der Waals surface area contributed by atoms with Crippen molar-refractivity contribution in [2.24, 2.45) is 0 Å². The Bertz CT molecular complexity index is 419. The van der Waals surface area contributed by atoms with Crippen molar-refractivity contribution < 1.29 is 22.6 Å². The Hall–Kier alpha value is -0.400. The first kappa shape index (κ1) is 16.7. The molecule has 1 unspecified atom stereocenters. The predicted molar refractivity (Wildman–Crippen MR) is 76.1 cm³/mol. The highest BCUT2D eigenvalue weighted by Crippen LogP contribution is 2.23. The number of hydrogen-bond acceptors (Lipinski definition) is 4. The zero-order valence-corrected chi connectivity index (χ0v) is 12.8. The van der Waals surface area contributed by atoms with E-state index in [2.05, 4.69) is 0 Å². The highest BCUT2D eigenvalue weighted by molar-refractivity contribution is 7.97. The summed E-state index contributed by atoms with van der Waals surface area (Å²) < 4.78 is 30.1. The van der Waals surface area contributed by atoms with Crippen molar-refractivity contribution in [3.8, 4) is 0 Å². The highest BCUT2D eigenvalue weighted by Gasteiger charge is 2.35. The van der Waals surface area contributed by atoms with E-state index in [1.54, 1.807) is 0 Å². The van der Waals surface area contributed by atoms with Gasteiger partial charge >= 0.3 is 0 Å². The lowest BCUT2D eigenvalue weighted by atomic mass is 10.1. The van der Waals surface area contributed by atoms with Crippen LogP contribution in [0, 0.1) is 0 Å². The fourth-order valence-corrected chi connectivity index (χ4v) is 5.60. The van der Waals surface area contributed by atoms with Crippen LogP contribution >= 0.6 is 0 Å². The van der Waals surface area contributed by atoms with Gasteiger partial charge in [0.15, 0.2) is 0 Å². The summed E-state index contributed by atoms with van der Waals surface area (Å²) in [6, 6.07) is 0. The molecule has 0 aromatic heterocycles. The zero-order chi connectivity index (χ0) is 14.5. The quantitative estimate of drug-likeness (QED) is 0.559. The Morgan fingerprint density at radius 1 is 1.37 bits per heavy atom. The molecule has 0 bridgehead atoms. The fraction of sp³-hybridized carbons (Fsp3) is 0.833. The molecule has 7 heteroatoms. The summed E-state index contributed by atoms with van der Waals surface area (Å²) in [7, 11) is -3.89. The van der Waals surface area contributed by atoms with Crippen LogP contribution in [0.5, 0.6) is 0 Å². The molecule has 1 fully saturated rings. The van der Waals surface area contributed by atoms with E-state index in [9.17, 15) is 18.0 Å². The van der Waals surface area contributed by atoms with E-state index in [0.717, 1.165) is 11.5 Å². The zero-order valence-electron chi connectivity index (χ0n) is 11.1. The van der Waals surface area contributed by atoms with Crippen molar-refractivity contribution in [3.05, 3.63) is 0 Å². The molecule has 1 N–H and O–H groups in total. The van der Waals surface area contributed by atoms with E-state index in [-0.39, 0.29) is 33.5 Å². The standard InChI is InChI=1S/C12H20O5S2/c1-10(13)9-12(3-2-8-19(15,16)17)18-6-4-11(14)5-7-18/h12H,2-9H2,1H3/p+1. The number of ketones is 2. The summed E-state index contributed by atoms with van der Waals surface area (Å²) >= 11 is 0. The monoisotopic (exact) mass is 309 g/mol. The van der Waals surface area contributed by atoms with Gasteiger partial charge in [0.2, 0.25) is 0 Å². The third-order valence-corrected chi connectivity index (χ3v) is 6.81. The molecule has 0 aromatic carbocycles. The molecule has 1 aliphatic rings. The second kappa shape index (κ2) is 7.40. The fourth-order valence-electron chi connectivity index (χ4n) is 2.25. The maximum atomic E-state index is 11.3. The van der Waals surface area contributed by atoms with Crippen LogP contribution in [0.3, 0.4) is 0 Å². The lowest BCUT2D eigenvalue weighted by molar-refractivity contribution is -0.118. The van der Waals surface area contributed by atoms with Crippen molar-refractivity contribution in [2.45, 2.75) is 44.3 Å². The van der Waals surface area contributed by atoms with Crippen LogP contribution in [0.4, 0.5) is 0 Å². The van der Waals surface area contributed by atoms with Crippen LogP contribution in [-0.4, -0.2) is 47.0 Å². The Labute approximate surface area is 117 Å². The van der Waals surface area contributed by atoms with Crippen LogP contribution in [0.1, 0.15) is 39.0 Å². The van der Waals surface area contributed by atoms with Gasteiger partial charge in [0, 0.05) is 0 Å². The predicted octanol–water partition coefficient (Wildman–Crippen LogP) is 0.983. The summed E-state index contributed by atoms with van der Waals surface area (Å²) in [5.41, 5.74) is 0. The van der Waals surface area contributed by atoms with Crippen LogP contribution < -0.4 is 0 Å². The third-order valence-electron chi connectivity index (χ3n) is 3.20. The van der Waals surface area contributed by atoms with Crippen LogP contribution in [0.15, 0.2) is 0 Å². The summed E-state index contributed by atoms with van der Waals surface area (Å²) in [6.07, 6.45) is 2.60. The summed E-state index contributed by atoms with van der Waals surface area (Å²) in [6.45, 7) is 1.54. The molecule has 0 aliphatic carbocycles. The van der Waals surface area contributed by atoms with E-state index in [1.807, 2.05) is 0 Å². The summed E-state index contributed by atoms with van der Waals surface area (Å²) in [5.74, 6) is 1.77. The average molecular weight is 309 g/mol. The van der Waals surface area contributed by atoms with Gasteiger partial charge in [-0.05, 0) is 30.7 Å². The van der Waals surface area contributed by atoms with E-state index < -0.39 is 10.1 Å². The first-order valence-corrected chi connectivity index (χ1v) is 9.64. The largest absolute Gasteiger partial charge is 0.300 e. The summed E-state index contributed by atoms with van der Waals surface area (Å²) in [5, 5.41) is 0.160. The number of hydrogen-bond donors (Lipinski definition) is 1. The lowest BCUT2D eigenvalue weighted by Crippen LogP contribution is -2.34. The van der Waals surface area contributed by atoms with E-state index >= 15 is 0 Å². The number of rotatable bonds is 7. The molecule has 0 aromatic rings. The minimum atomic E-state index is -3.92. The molecular formula is C12H21O5S2+. The molecule has 1 atom stereocenters. The minimum Gasteiger partial charge on any atom is -0.300 e. The molecule has 1 rings (SSSR count). The SMILES string of the molecule is CC(=O)CC(CCCS(=O)(=O)O)[S+]1CCC(=O)CC1. The van der Waals surface area contributed by atoms with Gasteiger partial charge in [0.1, 0.15) is 28.3 Å². The van der Waals surface area contributed by atoms with Crippen molar-refractivity contribution in [3.63, 3.8) is 0 Å². The molecule has 1 heterocycles. The second-order valence-electron chi connectivity index (χ2n) is 4.94. The van der Waals surface area contributed by atoms with Gasteiger partial charge in [-0.25, -0.2) is 0 Å². The maximum absolute atomic E-state index is 11.3. The Morgan fingerprint density at radius 3 is 2.42 bits per heavy atom. The molecule has 0 amide bonds. The van der Waals surface area contributed by atoms with Gasteiger partial charge in [0.25, 0.3) is 10.1 Å². The van der Waals surface area contributed by atoms with Crippen molar-refractivity contribution >= 4 is 32.6 Å². The molecule has 1 saturated heterocycles. The van der Waals surface area contributed by atoms with E-state index in [4.69, 9.17) is 4.55 Å². The number of carbonyl (C=O) groups is 2. The smallest absolute Gasteiger partial charge is 0.264 e. The van der Waals surface area contributed by atoms with Gasteiger partial charge in [-0.15, -0.1) is 0 Å². The average Bonchev–Trinajstić information content (AvgIpc) is 2.26. The molecule has 5 nitrogen and oxygen atoms in total. The van der Waals surface area contributed by atoms with E-state index in [1.165, 1.54) is 6.92 Å². The first-order valence-electron chi connectivity index (χ1n) is 6.40. The van der Waals surface area contributed by atoms with Crippen molar-refractivity contribution in [1.82, 2.24) is 0 Å². The molecule has 1 aliphatic heterocycles. The molecule has 0 radical (unpaired) electrons. The van der Waals surface area contributed by atoms with Crippen molar-refractivity contribution in [2.75, 3.05) is 17.3 Å². The molecule has 19 heavy (non-hydrogen) atoms. The second-order valence-corrected chi connectivity index (χ2v) is 9.07. The lowest BCUT2D eigenvalue weighted by Gasteiger charge is -2.21. The van der Waals surface area contributed by atoms with Gasteiger partial charge in [-0.2, -0.15) is 8.42 Å². The van der Waals surface area contributed by atoms with E-state index in [0.29, 0.717) is 32.1 Å². The Morgan fingerprint density at radius 2 is 1.95 bits per heavy atom. The van der Waals surface area contributed by atoms with Crippen LogP contribution in [0.25, 0.3) is 0 Å². The first-order chi connectivity index (χ1) is 8.78. The summed E-state index contributed by atoms with van der Waals surface area (Å²) in [4.78, 5) is 22.5. The van der Waals surface area contributed by atoms with Gasteiger partial charge in [-0.1, -0.05) is 0 Å². The maximum Gasteiger partial charge on any atom is 0.264 e. The topological polar surface area (TPSA) is 88.5 Å². The normalized spacial score (nSPS) is 19.4. The minimum absolute atomic E-state index is 0.0299. The number of carbonyl (C=O) groups excluding carboxylic acids is 2. The van der Waals surface area contributed by atoms with Gasteiger partial charge in [-0.3, -0.25) is 14.1 Å². The Kier molecular flexibility index (Phi) is 6.49. The third kappa shape index (κ3) is 7.08. The van der Waals surface area contributed by atoms with Gasteiger partial charge < -0.3 is 0 Å². The molecule has 0 spiro atoms. The molecule has 110 valence electrons.